The molecule has 12 nitrogen and oxygen atoms in total. The van der Waals surface area contributed by atoms with Crippen molar-refractivity contribution < 1.29 is 47.3 Å². The van der Waals surface area contributed by atoms with Crippen LogP contribution in [0.15, 0.2) is 21.3 Å². The molecule has 1 saturated heterocycles. The Morgan fingerprint density at radius 3 is 2.26 bits per heavy atom. The summed E-state index contributed by atoms with van der Waals surface area (Å²) in [5, 5.41) is 2.63. The normalized spacial score (nSPS) is 23.9. The molecular formula is C22H25NO11S. The minimum Gasteiger partial charge on any atom is -0.463 e. The van der Waals surface area contributed by atoms with E-state index < -0.39 is 59.4 Å². The fourth-order valence-electron chi connectivity index (χ4n) is 3.69. The fourth-order valence-corrected chi connectivity index (χ4v) is 4.46. The van der Waals surface area contributed by atoms with E-state index >= 15 is 0 Å². The van der Waals surface area contributed by atoms with Crippen LogP contribution in [-0.2, 0) is 38.1 Å². The van der Waals surface area contributed by atoms with Gasteiger partial charge >= 0.3 is 22.8 Å². The fraction of sp³-hybridized carbons (Fsp3) is 0.500. The molecule has 0 saturated carbocycles. The van der Waals surface area contributed by atoms with E-state index in [-0.39, 0.29) is 6.61 Å². The number of benzene rings is 1. The number of carbonyl (C=O) groups is 4. The van der Waals surface area contributed by atoms with Crippen molar-refractivity contribution in [3.05, 3.63) is 27.4 Å². The van der Waals surface area contributed by atoms with Gasteiger partial charge in [-0.05, 0) is 19.1 Å². The lowest BCUT2D eigenvalue weighted by Gasteiger charge is -2.44. The third-order valence-electron chi connectivity index (χ3n) is 5.01. The van der Waals surface area contributed by atoms with Gasteiger partial charge in [0.2, 0.25) is 12.2 Å². The monoisotopic (exact) mass is 511 g/mol. The largest absolute Gasteiger partial charge is 0.463 e. The van der Waals surface area contributed by atoms with Crippen LogP contribution in [0.3, 0.4) is 0 Å². The Morgan fingerprint density at radius 1 is 1.00 bits per heavy atom. The molecule has 190 valence electrons. The molecule has 0 unspecified atom stereocenters. The molecule has 0 aliphatic carbocycles. The Labute approximate surface area is 203 Å². The van der Waals surface area contributed by atoms with Crippen molar-refractivity contribution in [3.63, 3.8) is 0 Å². The summed E-state index contributed by atoms with van der Waals surface area (Å²) in [7, 11) is 0. The van der Waals surface area contributed by atoms with E-state index in [0.29, 0.717) is 21.6 Å². The summed E-state index contributed by atoms with van der Waals surface area (Å²) in [6.07, 6.45) is -4.84. The maximum absolute atomic E-state index is 12.0. The van der Waals surface area contributed by atoms with Gasteiger partial charge < -0.3 is 33.4 Å². The van der Waals surface area contributed by atoms with Gasteiger partial charge in [-0.25, -0.2) is 4.79 Å². The van der Waals surface area contributed by atoms with Gasteiger partial charge in [0.25, 0.3) is 0 Å². The molecule has 1 aromatic heterocycles. The highest BCUT2D eigenvalue weighted by molar-refractivity contribution is 7.16. The zero-order valence-corrected chi connectivity index (χ0v) is 20.5. The zero-order valence-electron chi connectivity index (χ0n) is 19.6. The number of ether oxygens (including phenoxy) is 5. The van der Waals surface area contributed by atoms with E-state index in [0.717, 1.165) is 25.2 Å². The molecule has 1 N–H and O–H groups in total. The van der Waals surface area contributed by atoms with Crippen molar-refractivity contribution in [2.45, 2.75) is 65.3 Å². The van der Waals surface area contributed by atoms with Crippen LogP contribution in [0.2, 0.25) is 0 Å². The number of esters is 3. The van der Waals surface area contributed by atoms with E-state index in [1.165, 1.54) is 13.8 Å². The van der Waals surface area contributed by atoms with Gasteiger partial charge in [0.1, 0.15) is 30.1 Å². The predicted molar refractivity (Wildman–Crippen MR) is 120 cm³/mol. The molecule has 2 aromatic rings. The molecule has 0 radical (unpaired) electrons. The topological polar surface area (TPSA) is 157 Å². The van der Waals surface area contributed by atoms with Crippen molar-refractivity contribution in [2.75, 3.05) is 6.61 Å². The molecule has 1 aromatic carbocycles. The van der Waals surface area contributed by atoms with Gasteiger partial charge in [-0.3, -0.25) is 19.2 Å². The Morgan fingerprint density at radius 2 is 1.66 bits per heavy atom. The summed E-state index contributed by atoms with van der Waals surface area (Å²) in [4.78, 5) is 58.4. The first-order chi connectivity index (χ1) is 16.5. The molecule has 1 aliphatic rings. The number of amides is 1. The smallest absolute Gasteiger partial charge is 0.396 e. The lowest BCUT2D eigenvalue weighted by Crippen LogP contribution is -2.67. The van der Waals surface area contributed by atoms with Crippen LogP contribution in [0, 0.1) is 6.92 Å². The number of hydrogen-bond acceptors (Lipinski definition) is 12. The number of carbonyl (C=O) groups excluding carboxylic acids is 4. The second kappa shape index (κ2) is 10.9. The Kier molecular flexibility index (Phi) is 8.12. The molecule has 2 heterocycles. The van der Waals surface area contributed by atoms with Gasteiger partial charge in [-0.1, -0.05) is 11.3 Å². The molecular weight excluding hydrogens is 486 g/mol. The van der Waals surface area contributed by atoms with Gasteiger partial charge in [0.15, 0.2) is 12.2 Å². The van der Waals surface area contributed by atoms with Crippen LogP contribution in [0.4, 0.5) is 0 Å². The maximum atomic E-state index is 12.0. The lowest BCUT2D eigenvalue weighted by atomic mass is 9.96. The second-order valence-electron chi connectivity index (χ2n) is 7.81. The quantitative estimate of drug-likeness (QED) is 0.421. The van der Waals surface area contributed by atoms with E-state index in [1.807, 2.05) is 0 Å². The molecule has 13 heteroatoms. The summed E-state index contributed by atoms with van der Waals surface area (Å²) >= 11 is 0.897. The molecule has 1 fully saturated rings. The highest BCUT2D eigenvalue weighted by atomic mass is 32.1. The maximum Gasteiger partial charge on any atom is 0.396 e. The predicted octanol–water partition coefficient (Wildman–Crippen LogP) is 1.20. The summed E-state index contributed by atoms with van der Waals surface area (Å²) in [5.41, 5.74) is 0.958. The molecule has 1 amide bonds. The lowest BCUT2D eigenvalue weighted by molar-refractivity contribution is -0.257. The van der Waals surface area contributed by atoms with Crippen LogP contribution >= 0.6 is 11.3 Å². The van der Waals surface area contributed by atoms with Crippen molar-refractivity contribution in [1.29, 1.82) is 0 Å². The second-order valence-corrected chi connectivity index (χ2v) is 8.75. The van der Waals surface area contributed by atoms with Crippen molar-refractivity contribution in [3.8, 4) is 5.75 Å². The van der Waals surface area contributed by atoms with Crippen LogP contribution in [-0.4, -0.2) is 61.1 Å². The van der Waals surface area contributed by atoms with Gasteiger partial charge in [-0.15, -0.1) is 0 Å². The third-order valence-corrected chi connectivity index (χ3v) is 5.97. The summed E-state index contributed by atoms with van der Waals surface area (Å²) in [6, 6.07) is 1.99. The van der Waals surface area contributed by atoms with E-state index in [2.05, 4.69) is 5.32 Å². The standard InChI is InChI=1S/C22H25NO11S/c1-9-14(6-7-15-20(9)35-22(28)34-15)32-21-17(23-10(2)24)19(31-13(5)27)18(30-12(4)26)16(33-21)8-29-11(3)25/h6-7,16-19,21H,8H2,1-5H3,(H,23,24)/t16-,17-,18+,19-,21-/m0/s1. The van der Waals surface area contributed by atoms with Gasteiger partial charge in [0.05, 0.1) is 4.70 Å². The third kappa shape index (κ3) is 6.36. The highest BCUT2D eigenvalue weighted by Crippen LogP contribution is 2.33. The molecule has 1 aliphatic heterocycles. The first-order valence-corrected chi connectivity index (χ1v) is 11.4. The minimum atomic E-state index is -1.27. The Hall–Kier alpha value is -3.45. The van der Waals surface area contributed by atoms with E-state index in [1.54, 1.807) is 19.1 Å². The van der Waals surface area contributed by atoms with Crippen LogP contribution in [0.5, 0.6) is 5.75 Å². The molecule has 5 atom stereocenters. The van der Waals surface area contributed by atoms with Crippen LogP contribution in [0.1, 0.15) is 33.3 Å². The number of aryl methyl sites for hydroxylation is 1. The Balaban J connectivity index is 2.03. The first kappa shape index (κ1) is 26.2. The SMILES string of the molecule is CC(=O)N[C@@H]1[C@@H](Oc2ccc3oc(=O)sc3c2C)O[C@@H](COC(C)=O)[C@@H](OC(C)=O)[C@H]1OC(C)=O. The molecule has 35 heavy (non-hydrogen) atoms. The molecule has 3 rings (SSSR count). The summed E-state index contributed by atoms with van der Waals surface area (Å²) in [6.45, 7) is 6.10. The van der Waals surface area contributed by atoms with Crippen molar-refractivity contribution >= 4 is 45.4 Å². The molecule has 0 spiro atoms. The molecule has 0 bridgehead atoms. The minimum absolute atomic E-state index is 0.300. The Bertz CT molecular complexity index is 1190. The number of hydrogen-bond donors (Lipinski definition) is 1. The number of rotatable bonds is 7. The van der Waals surface area contributed by atoms with Gasteiger partial charge in [0, 0.05) is 33.3 Å². The first-order valence-electron chi connectivity index (χ1n) is 10.6. The summed E-state index contributed by atoms with van der Waals surface area (Å²) < 4.78 is 33.6. The van der Waals surface area contributed by atoms with Crippen molar-refractivity contribution in [2.24, 2.45) is 0 Å². The summed E-state index contributed by atoms with van der Waals surface area (Å²) in [5.74, 6) is -2.23. The highest BCUT2D eigenvalue weighted by Gasteiger charge is 2.52. The van der Waals surface area contributed by atoms with Crippen LogP contribution in [0.25, 0.3) is 10.3 Å². The average molecular weight is 512 g/mol. The number of nitrogens with one attached hydrogen (secondary N) is 1. The van der Waals surface area contributed by atoms with Gasteiger partial charge in [-0.2, -0.15) is 0 Å². The van der Waals surface area contributed by atoms with E-state index in [4.69, 9.17) is 28.1 Å². The van der Waals surface area contributed by atoms with E-state index in [9.17, 15) is 24.0 Å². The average Bonchev–Trinajstić information content (AvgIpc) is 3.13. The zero-order chi connectivity index (χ0) is 25.9. The number of fused-ring (bicyclic) bond motifs is 1. The van der Waals surface area contributed by atoms with Crippen LogP contribution < -0.4 is 15.0 Å². The van der Waals surface area contributed by atoms with Crippen molar-refractivity contribution in [1.82, 2.24) is 5.32 Å².